The average molecular weight is 270 g/mol. The largest absolute Gasteiger partial charge is 0.376 e. The lowest BCUT2D eigenvalue weighted by atomic mass is 10.2. The molecule has 3 rings (SSSR count). The van der Waals surface area contributed by atoms with Crippen molar-refractivity contribution >= 4 is 17.0 Å². The lowest BCUT2D eigenvalue weighted by Crippen LogP contribution is -1.97. The van der Waals surface area contributed by atoms with Gasteiger partial charge >= 0.3 is 0 Å². The van der Waals surface area contributed by atoms with Gasteiger partial charge in [-0.25, -0.2) is 4.98 Å². The van der Waals surface area contributed by atoms with E-state index in [2.05, 4.69) is 32.9 Å². The van der Waals surface area contributed by atoms with Gasteiger partial charge in [-0.05, 0) is 0 Å². The Morgan fingerprint density at radius 2 is 2.11 bits per heavy atom. The third-order valence-electron chi connectivity index (χ3n) is 2.77. The molecule has 0 amide bonds. The SMILES string of the molecule is Cn1cc(NCc2nc(-c3ccccc3)cs2)cn1. The minimum Gasteiger partial charge on any atom is -0.376 e. The number of nitrogens with zero attached hydrogens (tertiary/aromatic N) is 3. The van der Waals surface area contributed by atoms with Gasteiger partial charge in [-0.2, -0.15) is 5.10 Å². The van der Waals surface area contributed by atoms with Crippen LogP contribution in [0, 0.1) is 0 Å². The van der Waals surface area contributed by atoms with Crippen LogP contribution >= 0.6 is 11.3 Å². The first-order valence-electron chi connectivity index (χ1n) is 6.03. The molecule has 0 fully saturated rings. The zero-order valence-corrected chi connectivity index (χ0v) is 11.4. The Labute approximate surface area is 115 Å². The molecule has 3 aromatic rings. The van der Waals surface area contributed by atoms with Crippen molar-refractivity contribution in [1.29, 1.82) is 0 Å². The first-order valence-corrected chi connectivity index (χ1v) is 6.91. The van der Waals surface area contributed by atoms with Crippen molar-refractivity contribution in [2.45, 2.75) is 6.54 Å². The molecule has 0 radical (unpaired) electrons. The summed E-state index contributed by atoms with van der Waals surface area (Å²) >= 11 is 1.67. The molecule has 0 aliphatic rings. The van der Waals surface area contributed by atoms with Gasteiger partial charge in [-0.3, -0.25) is 4.68 Å². The number of nitrogens with one attached hydrogen (secondary N) is 1. The number of thiazole rings is 1. The van der Waals surface area contributed by atoms with Gasteiger partial charge in [0.2, 0.25) is 0 Å². The first kappa shape index (κ1) is 11.9. The smallest absolute Gasteiger partial charge is 0.112 e. The number of rotatable bonds is 4. The number of hydrogen-bond acceptors (Lipinski definition) is 4. The molecule has 0 aliphatic heterocycles. The van der Waals surface area contributed by atoms with Crippen molar-refractivity contribution in [3.8, 4) is 11.3 Å². The second-order valence-electron chi connectivity index (χ2n) is 4.25. The summed E-state index contributed by atoms with van der Waals surface area (Å²) in [7, 11) is 1.90. The lowest BCUT2D eigenvalue weighted by Gasteiger charge is -1.99. The molecule has 0 bridgehead atoms. The minimum absolute atomic E-state index is 0.725. The highest BCUT2D eigenvalue weighted by molar-refractivity contribution is 7.09. The number of aryl methyl sites for hydroxylation is 1. The van der Waals surface area contributed by atoms with Crippen LogP contribution in [0.5, 0.6) is 0 Å². The summed E-state index contributed by atoms with van der Waals surface area (Å²) in [5.74, 6) is 0. The Bertz CT molecular complexity index is 657. The molecule has 5 heteroatoms. The van der Waals surface area contributed by atoms with Crippen LogP contribution in [0.4, 0.5) is 5.69 Å². The second kappa shape index (κ2) is 5.24. The maximum atomic E-state index is 4.63. The Balaban J connectivity index is 1.68. The minimum atomic E-state index is 0.725. The summed E-state index contributed by atoms with van der Waals surface area (Å²) in [5, 5.41) is 10.6. The zero-order valence-electron chi connectivity index (χ0n) is 10.6. The van der Waals surface area contributed by atoms with Crippen molar-refractivity contribution in [2.24, 2.45) is 7.05 Å². The molecule has 4 nitrogen and oxygen atoms in total. The van der Waals surface area contributed by atoms with E-state index in [1.165, 1.54) is 0 Å². The van der Waals surface area contributed by atoms with Crippen LogP contribution in [0.15, 0.2) is 48.1 Å². The molecule has 0 spiro atoms. The molecule has 0 atom stereocenters. The van der Waals surface area contributed by atoms with Gasteiger partial charge in [0, 0.05) is 24.2 Å². The topological polar surface area (TPSA) is 42.7 Å². The predicted octanol–water partition coefficient (Wildman–Crippen LogP) is 3.16. The third-order valence-corrected chi connectivity index (χ3v) is 3.62. The van der Waals surface area contributed by atoms with E-state index in [1.54, 1.807) is 16.0 Å². The Morgan fingerprint density at radius 1 is 1.26 bits per heavy atom. The fraction of sp³-hybridized carbons (Fsp3) is 0.143. The Kier molecular flexibility index (Phi) is 3.29. The third kappa shape index (κ3) is 2.82. The number of aromatic nitrogens is 3. The van der Waals surface area contributed by atoms with E-state index in [-0.39, 0.29) is 0 Å². The maximum absolute atomic E-state index is 4.63. The highest BCUT2D eigenvalue weighted by Gasteiger charge is 2.04. The van der Waals surface area contributed by atoms with Crippen molar-refractivity contribution in [3.05, 3.63) is 53.1 Å². The number of anilines is 1. The van der Waals surface area contributed by atoms with Crippen LogP contribution in [0.25, 0.3) is 11.3 Å². The molecule has 1 N–H and O–H groups in total. The molecule has 2 aromatic heterocycles. The van der Waals surface area contributed by atoms with Crippen LogP contribution in [0.3, 0.4) is 0 Å². The van der Waals surface area contributed by atoms with Crippen LogP contribution in [-0.2, 0) is 13.6 Å². The van der Waals surface area contributed by atoms with Crippen LogP contribution in [0.1, 0.15) is 5.01 Å². The molecule has 0 unspecified atom stereocenters. The van der Waals surface area contributed by atoms with E-state index in [0.29, 0.717) is 0 Å². The standard InChI is InChI=1S/C14H14N4S/c1-18-9-12(7-16-18)15-8-14-17-13(10-19-14)11-5-3-2-4-6-11/h2-7,9-10,15H,8H2,1H3. The second-order valence-corrected chi connectivity index (χ2v) is 5.19. The summed E-state index contributed by atoms with van der Waals surface area (Å²) in [5.41, 5.74) is 3.21. The van der Waals surface area contributed by atoms with E-state index in [4.69, 9.17) is 0 Å². The lowest BCUT2D eigenvalue weighted by molar-refractivity contribution is 0.768. The summed E-state index contributed by atoms with van der Waals surface area (Å²) in [6, 6.07) is 10.2. The van der Waals surface area contributed by atoms with E-state index in [9.17, 15) is 0 Å². The van der Waals surface area contributed by atoms with Gasteiger partial charge in [0.05, 0.1) is 24.1 Å². The molecule has 19 heavy (non-hydrogen) atoms. The van der Waals surface area contributed by atoms with E-state index in [0.717, 1.165) is 28.5 Å². The fourth-order valence-electron chi connectivity index (χ4n) is 1.82. The molecular formula is C14H14N4S. The summed E-state index contributed by atoms with van der Waals surface area (Å²) in [6.45, 7) is 0.725. The van der Waals surface area contributed by atoms with Gasteiger partial charge in [0.15, 0.2) is 0 Å². The van der Waals surface area contributed by atoms with Gasteiger partial charge in [-0.1, -0.05) is 30.3 Å². The first-order chi connectivity index (χ1) is 9.31. The quantitative estimate of drug-likeness (QED) is 0.792. The van der Waals surface area contributed by atoms with Crippen LogP contribution < -0.4 is 5.32 Å². The summed E-state index contributed by atoms with van der Waals surface area (Å²) < 4.78 is 1.78. The zero-order chi connectivity index (χ0) is 13.1. The summed E-state index contributed by atoms with van der Waals surface area (Å²) in [6.07, 6.45) is 3.76. The van der Waals surface area contributed by atoms with Crippen molar-refractivity contribution in [2.75, 3.05) is 5.32 Å². The van der Waals surface area contributed by atoms with Gasteiger partial charge in [0.25, 0.3) is 0 Å². The van der Waals surface area contributed by atoms with Gasteiger partial charge in [0.1, 0.15) is 5.01 Å². The average Bonchev–Trinajstić information content (AvgIpc) is 3.06. The molecule has 0 aliphatic carbocycles. The molecule has 96 valence electrons. The Morgan fingerprint density at radius 3 is 2.84 bits per heavy atom. The van der Waals surface area contributed by atoms with Crippen molar-refractivity contribution in [3.63, 3.8) is 0 Å². The predicted molar refractivity (Wildman–Crippen MR) is 78.1 cm³/mol. The highest BCUT2D eigenvalue weighted by Crippen LogP contribution is 2.22. The monoisotopic (exact) mass is 270 g/mol. The molecule has 2 heterocycles. The van der Waals surface area contributed by atoms with E-state index >= 15 is 0 Å². The Hall–Kier alpha value is -2.14. The molecule has 1 aromatic carbocycles. The number of benzene rings is 1. The molecule has 0 saturated carbocycles. The van der Waals surface area contributed by atoms with Crippen molar-refractivity contribution < 1.29 is 0 Å². The molecule has 0 saturated heterocycles. The normalized spacial score (nSPS) is 10.6. The maximum Gasteiger partial charge on any atom is 0.112 e. The van der Waals surface area contributed by atoms with Crippen LogP contribution in [0.2, 0.25) is 0 Å². The highest BCUT2D eigenvalue weighted by atomic mass is 32.1. The van der Waals surface area contributed by atoms with Gasteiger partial charge in [-0.15, -0.1) is 11.3 Å². The number of hydrogen-bond donors (Lipinski definition) is 1. The van der Waals surface area contributed by atoms with E-state index < -0.39 is 0 Å². The molecular weight excluding hydrogens is 256 g/mol. The van der Waals surface area contributed by atoms with Crippen LogP contribution in [-0.4, -0.2) is 14.8 Å². The fourth-order valence-corrected chi connectivity index (χ4v) is 2.57. The van der Waals surface area contributed by atoms with E-state index in [1.807, 2.05) is 37.6 Å². The summed E-state index contributed by atoms with van der Waals surface area (Å²) in [4.78, 5) is 4.63. The van der Waals surface area contributed by atoms with Crippen molar-refractivity contribution in [1.82, 2.24) is 14.8 Å². The van der Waals surface area contributed by atoms with Gasteiger partial charge < -0.3 is 5.32 Å².